The van der Waals surface area contributed by atoms with E-state index >= 15 is 0 Å². The molecule has 0 heterocycles. The average Bonchev–Trinajstić information content (AvgIpc) is 2.41. The van der Waals surface area contributed by atoms with Gasteiger partial charge < -0.3 is 5.32 Å². The molecular formula is C18H23N. The smallest absolute Gasteiger partial charge is 0.0485 e. The van der Waals surface area contributed by atoms with Gasteiger partial charge in [0.1, 0.15) is 0 Å². The molecule has 0 saturated heterocycles. The van der Waals surface area contributed by atoms with Crippen molar-refractivity contribution in [2.45, 2.75) is 39.7 Å². The van der Waals surface area contributed by atoms with Crippen LogP contribution in [0.4, 0.5) is 5.69 Å². The van der Waals surface area contributed by atoms with E-state index in [9.17, 15) is 0 Å². The molecule has 1 unspecified atom stereocenters. The summed E-state index contributed by atoms with van der Waals surface area (Å²) in [5.74, 6) is 0.591. The van der Waals surface area contributed by atoms with E-state index in [0.29, 0.717) is 12.0 Å². The van der Waals surface area contributed by atoms with Gasteiger partial charge in [-0.25, -0.2) is 0 Å². The Balaban J connectivity index is 2.12. The average molecular weight is 253 g/mol. The van der Waals surface area contributed by atoms with Crippen molar-refractivity contribution in [2.75, 3.05) is 5.32 Å². The summed E-state index contributed by atoms with van der Waals surface area (Å²) in [4.78, 5) is 0. The first-order chi connectivity index (χ1) is 9.08. The number of anilines is 1. The Morgan fingerprint density at radius 2 is 1.37 bits per heavy atom. The summed E-state index contributed by atoms with van der Waals surface area (Å²) >= 11 is 0. The van der Waals surface area contributed by atoms with Crippen LogP contribution in [0.5, 0.6) is 0 Å². The van der Waals surface area contributed by atoms with Crippen molar-refractivity contribution in [1.82, 2.24) is 0 Å². The van der Waals surface area contributed by atoms with E-state index in [1.54, 1.807) is 0 Å². The molecule has 2 rings (SSSR count). The molecule has 0 aliphatic rings. The summed E-state index contributed by atoms with van der Waals surface area (Å²) in [5, 5.41) is 3.58. The minimum atomic E-state index is 0.322. The molecule has 2 aromatic rings. The standard InChI is InChI=1S/C18H23N/c1-13(2)16-9-11-17(12-10-16)15(4)19-18-8-6-5-7-14(18)3/h5-13,15,19H,1-4H3. The van der Waals surface area contributed by atoms with E-state index in [-0.39, 0.29) is 0 Å². The highest BCUT2D eigenvalue weighted by molar-refractivity contribution is 5.51. The zero-order valence-electron chi connectivity index (χ0n) is 12.3. The lowest BCUT2D eigenvalue weighted by Gasteiger charge is -2.18. The summed E-state index contributed by atoms with van der Waals surface area (Å²) in [6, 6.07) is 17.7. The number of hydrogen-bond donors (Lipinski definition) is 1. The zero-order valence-corrected chi connectivity index (χ0v) is 12.3. The molecular weight excluding hydrogens is 230 g/mol. The fourth-order valence-electron chi connectivity index (χ4n) is 2.22. The van der Waals surface area contributed by atoms with Crippen LogP contribution >= 0.6 is 0 Å². The number of aryl methyl sites for hydroxylation is 1. The highest BCUT2D eigenvalue weighted by atomic mass is 14.9. The zero-order chi connectivity index (χ0) is 13.8. The number of benzene rings is 2. The number of hydrogen-bond acceptors (Lipinski definition) is 1. The summed E-state index contributed by atoms with van der Waals surface area (Å²) in [6.07, 6.45) is 0. The molecule has 0 spiro atoms. The van der Waals surface area contributed by atoms with Crippen molar-refractivity contribution in [1.29, 1.82) is 0 Å². The van der Waals surface area contributed by atoms with Gasteiger partial charge in [-0.1, -0.05) is 56.3 Å². The Morgan fingerprint density at radius 1 is 0.789 bits per heavy atom. The van der Waals surface area contributed by atoms with Gasteiger partial charge in [-0.2, -0.15) is 0 Å². The molecule has 0 aromatic heterocycles. The number of rotatable bonds is 4. The van der Waals surface area contributed by atoms with Crippen molar-refractivity contribution in [3.8, 4) is 0 Å². The summed E-state index contributed by atoms with van der Waals surface area (Å²) in [6.45, 7) is 8.79. The van der Waals surface area contributed by atoms with Crippen molar-refractivity contribution in [2.24, 2.45) is 0 Å². The van der Waals surface area contributed by atoms with E-state index in [4.69, 9.17) is 0 Å². The van der Waals surface area contributed by atoms with E-state index in [2.05, 4.69) is 81.5 Å². The van der Waals surface area contributed by atoms with E-state index in [1.807, 2.05) is 0 Å². The Hall–Kier alpha value is -1.76. The number of para-hydroxylation sites is 1. The first-order valence-corrected chi connectivity index (χ1v) is 7.00. The highest BCUT2D eigenvalue weighted by Crippen LogP contribution is 2.23. The summed E-state index contributed by atoms with van der Waals surface area (Å²) < 4.78 is 0. The van der Waals surface area contributed by atoms with Gasteiger partial charge in [-0.05, 0) is 42.5 Å². The lowest BCUT2D eigenvalue weighted by atomic mass is 9.99. The maximum Gasteiger partial charge on any atom is 0.0485 e. The second-order valence-corrected chi connectivity index (χ2v) is 5.50. The van der Waals surface area contributed by atoms with Gasteiger partial charge in [0.05, 0.1) is 0 Å². The van der Waals surface area contributed by atoms with Gasteiger partial charge in [0, 0.05) is 11.7 Å². The molecule has 1 atom stereocenters. The van der Waals surface area contributed by atoms with E-state index in [0.717, 1.165) is 0 Å². The Morgan fingerprint density at radius 3 is 1.95 bits per heavy atom. The maximum absolute atomic E-state index is 3.58. The molecule has 19 heavy (non-hydrogen) atoms. The molecule has 1 nitrogen and oxygen atoms in total. The van der Waals surface area contributed by atoms with Crippen molar-refractivity contribution < 1.29 is 0 Å². The fourth-order valence-corrected chi connectivity index (χ4v) is 2.22. The minimum absolute atomic E-state index is 0.322. The first-order valence-electron chi connectivity index (χ1n) is 7.00. The largest absolute Gasteiger partial charge is 0.378 e. The first kappa shape index (κ1) is 13.7. The third-order valence-electron chi connectivity index (χ3n) is 3.62. The molecule has 0 aliphatic heterocycles. The molecule has 0 aliphatic carbocycles. The van der Waals surface area contributed by atoms with Gasteiger partial charge >= 0.3 is 0 Å². The van der Waals surface area contributed by atoms with E-state index in [1.165, 1.54) is 22.4 Å². The number of nitrogens with one attached hydrogen (secondary N) is 1. The van der Waals surface area contributed by atoms with Crippen LogP contribution in [0.25, 0.3) is 0 Å². The van der Waals surface area contributed by atoms with Gasteiger partial charge in [0.15, 0.2) is 0 Å². The third kappa shape index (κ3) is 3.37. The molecule has 0 bridgehead atoms. The molecule has 1 heteroatoms. The lowest BCUT2D eigenvalue weighted by Crippen LogP contribution is -2.07. The van der Waals surface area contributed by atoms with Gasteiger partial charge in [-0.3, -0.25) is 0 Å². The Kier molecular flexibility index (Phi) is 4.26. The molecule has 0 radical (unpaired) electrons. The SMILES string of the molecule is Cc1ccccc1NC(C)c1ccc(C(C)C)cc1. The van der Waals surface area contributed by atoms with Crippen LogP contribution < -0.4 is 5.32 Å². The van der Waals surface area contributed by atoms with Crippen LogP contribution in [0.3, 0.4) is 0 Å². The maximum atomic E-state index is 3.58. The van der Waals surface area contributed by atoms with Gasteiger partial charge in [-0.15, -0.1) is 0 Å². The van der Waals surface area contributed by atoms with Crippen LogP contribution in [0, 0.1) is 6.92 Å². The second-order valence-electron chi connectivity index (χ2n) is 5.50. The second kappa shape index (κ2) is 5.92. The summed E-state index contributed by atoms with van der Waals surface area (Å²) in [7, 11) is 0. The van der Waals surface area contributed by atoms with Crippen molar-refractivity contribution in [3.05, 3.63) is 65.2 Å². The predicted molar refractivity (Wildman–Crippen MR) is 83.7 cm³/mol. The monoisotopic (exact) mass is 253 g/mol. The Bertz CT molecular complexity index is 526. The minimum Gasteiger partial charge on any atom is -0.378 e. The van der Waals surface area contributed by atoms with Crippen LogP contribution in [-0.2, 0) is 0 Å². The molecule has 1 N–H and O–H groups in total. The van der Waals surface area contributed by atoms with E-state index < -0.39 is 0 Å². The lowest BCUT2D eigenvalue weighted by molar-refractivity contribution is 0.851. The van der Waals surface area contributed by atoms with Crippen LogP contribution in [0.2, 0.25) is 0 Å². The quantitative estimate of drug-likeness (QED) is 0.780. The topological polar surface area (TPSA) is 12.0 Å². The fraction of sp³-hybridized carbons (Fsp3) is 0.333. The predicted octanol–water partition coefficient (Wildman–Crippen LogP) is 5.29. The Labute approximate surface area is 116 Å². The van der Waals surface area contributed by atoms with Crippen LogP contribution in [0.1, 0.15) is 49.4 Å². The van der Waals surface area contributed by atoms with Gasteiger partial charge in [0.2, 0.25) is 0 Å². The third-order valence-corrected chi connectivity index (χ3v) is 3.62. The molecule has 2 aromatic carbocycles. The summed E-state index contributed by atoms with van der Waals surface area (Å²) in [5.41, 5.74) is 5.22. The molecule has 100 valence electrons. The highest BCUT2D eigenvalue weighted by Gasteiger charge is 2.07. The van der Waals surface area contributed by atoms with Crippen molar-refractivity contribution >= 4 is 5.69 Å². The van der Waals surface area contributed by atoms with Crippen LogP contribution in [-0.4, -0.2) is 0 Å². The van der Waals surface area contributed by atoms with Crippen molar-refractivity contribution in [3.63, 3.8) is 0 Å². The molecule has 0 fully saturated rings. The van der Waals surface area contributed by atoms with Crippen LogP contribution in [0.15, 0.2) is 48.5 Å². The normalized spacial score (nSPS) is 12.5. The molecule has 0 saturated carbocycles. The van der Waals surface area contributed by atoms with Gasteiger partial charge in [0.25, 0.3) is 0 Å². The molecule has 0 amide bonds.